The molecule has 0 N–H and O–H groups in total. The van der Waals surface area contributed by atoms with Crippen molar-refractivity contribution >= 4 is 23.9 Å². The van der Waals surface area contributed by atoms with E-state index in [2.05, 4.69) is 91.9 Å². The van der Waals surface area contributed by atoms with Gasteiger partial charge >= 0.3 is 0 Å². The minimum atomic E-state index is -2.37. The highest BCUT2D eigenvalue weighted by Gasteiger charge is 2.49. The summed E-state index contributed by atoms with van der Waals surface area (Å²) in [5.41, 5.74) is 1.34. The molecule has 0 bridgehead atoms. The minimum Gasteiger partial charge on any atom is -0.397 e. The Hall–Kier alpha value is -2.16. The third kappa shape index (κ3) is 1.88. The van der Waals surface area contributed by atoms with E-state index >= 15 is 0 Å². The van der Waals surface area contributed by atoms with E-state index in [0.29, 0.717) is 0 Å². The maximum atomic E-state index is 6.73. The van der Waals surface area contributed by atoms with Gasteiger partial charge in [0.2, 0.25) is 0 Å². The van der Waals surface area contributed by atoms with E-state index in [9.17, 15) is 0 Å². The molecule has 1 atom stereocenters. The van der Waals surface area contributed by atoms with Crippen LogP contribution >= 0.6 is 0 Å². The summed E-state index contributed by atoms with van der Waals surface area (Å²) in [6, 6.07) is 30.2. The average Bonchev–Trinajstić information content (AvgIpc) is 2.91. The Morgan fingerprint density at radius 1 is 0.682 bits per heavy atom. The number of benzene rings is 3. The molecule has 0 spiro atoms. The second-order valence-electron chi connectivity index (χ2n) is 5.76. The van der Waals surface area contributed by atoms with Crippen molar-refractivity contribution < 1.29 is 4.43 Å². The number of hydrogen-bond donors (Lipinski definition) is 0. The molecule has 0 amide bonds. The van der Waals surface area contributed by atoms with Gasteiger partial charge in [0.1, 0.15) is 0 Å². The molecule has 1 aliphatic rings. The van der Waals surface area contributed by atoms with Crippen LogP contribution in [0.2, 0.25) is 0 Å². The number of hydrogen-bond acceptors (Lipinski definition) is 1. The van der Waals surface area contributed by atoms with Gasteiger partial charge in [-0.3, -0.25) is 0 Å². The van der Waals surface area contributed by atoms with Crippen molar-refractivity contribution in [2.75, 3.05) is 0 Å². The van der Waals surface area contributed by atoms with Crippen molar-refractivity contribution in [2.24, 2.45) is 0 Å². The lowest BCUT2D eigenvalue weighted by atomic mass is 10.1. The molecule has 3 aromatic rings. The van der Waals surface area contributed by atoms with Crippen LogP contribution in [0.3, 0.4) is 0 Å². The smallest absolute Gasteiger partial charge is 0.289 e. The third-order valence-electron chi connectivity index (χ3n) is 4.49. The van der Waals surface area contributed by atoms with Crippen LogP contribution in [0.1, 0.15) is 18.6 Å². The molecular weight excluding hydrogens is 284 g/mol. The standard InChI is InChI=1S/C20H18OSi/c1-16-19-14-8-9-15-20(19)22(21-16,17-10-4-2-5-11-17)18-12-6-3-7-13-18/h2-16H,1H3. The van der Waals surface area contributed by atoms with Crippen LogP contribution in [-0.2, 0) is 4.43 Å². The highest BCUT2D eigenvalue weighted by atomic mass is 28.4. The summed E-state index contributed by atoms with van der Waals surface area (Å²) in [6.45, 7) is 2.17. The molecule has 1 aliphatic heterocycles. The Balaban J connectivity index is 2.04. The molecule has 3 aromatic carbocycles. The predicted octanol–water partition coefficient (Wildman–Crippen LogP) is 2.74. The minimum absolute atomic E-state index is 0.142. The largest absolute Gasteiger partial charge is 0.397 e. The van der Waals surface area contributed by atoms with E-state index in [1.807, 2.05) is 0 Å². The van der Waals surface area contributed by atoms with E-state index in [1.165, 1.54) is 21.1 Å². The quantitative estimate of drug-likeness (QED) is 0.662. The van der Waals surface area contributed by atoms with Gasteiger partial charge in [0.05, 0.1) is 6.10 Å². The molecular formula is C20H18OSi. The molecule has 4 rings (SSSR count). The van der Waals surface area contributed by atoms with Crippen molar-refractivity contribution in [3.05, 3.63) is 90.5 Å². The van der Waals surface area contributed by atoms with Gasteiger partial charge < -0.3 is 4.43 Å². The first kappa shape index (κ1) is 13.5. The zero-order chi connectivity index (χ0) is 15.0. The fourth-order valence-electron chi connectivity index (χ4n) is 3.52. The van der Waals surface area contributed by atoms with Gasteiger partial charge in [0.25, 0.3) is 8.32 Å². The van der Waals surface area contributed by atoms with Crippen LogP contribution < -0.4 is 15.6 Å². The van der Waals surface area contributed by atoms with Gasteiger partial charge in [0.15, 0.2) is 0 Å². The molecule has 0 aliphatic carbocycles. The lowest BCUT2D eigenvalue weighted by Crippen LogP contribution is -2.66. The highest BCUT2D eigenvalue weighted by molar-refractivity contribution is 7.07. The molecule has 1 heterocycles. The lowest BCUT2D eigenvalue weighted by molar-refractivity contribution is 0.244. The van der Waals surface area contributed by atoms with Crippen molar-refractivity contribution in [1.29, 1.82) is 0 Å². The molecule has 0 saturated carbocycles. The van der Waals surface area contributed by atoms with E-state index < -0.39 is 8.32 Å². The molecule has 108 valence electrons. The summed E-state index contributed by atoms with van der Waals surface area (Å²) in [6.07, 6.45) is 0.142. The second kappa shape index (κ2) is 5.23. The number of rotatable bonds is 2. The monoisotopic (exact) mass is 302 g/mol. The SMILES string of the molecule is CC1O[Si](c2ccccc2)(c2ccccc2)c2ccccc21. The first-order valence-electron chi connectivity index (χ1n) is 7.70. The summed E-state index contributed by atoms with van der Waals surface area (Å²) >= 11 is 0. The highest BCUT2D eigenvalue weighted by Crippen LogP contribution is 2.29. The van der Waals surface area contributed by atoms with E-state index in [-0.39, 0.29) is 6.10 Å². The van der Waals surface area contributed by atoms with Crippen molar-refractivity contribution in [3.63, 3.8) is 0 Å². The van der Waals surface area contributed by atoms with E-state index in [4.69, 9.17) is 4.43 Å². The summed E-state index contributed by atoms with van der Waals surface area (Å²) in [5, 5.41) is 4.02. The normalized spacial score (nSPS) is 18.9. The van der Waals surface area contributed by atoms with E-state index in [1.54, 1.807) is 0 Å². The van der Waals surface area contributed by atoms with Crippen molar-refractivity contribution in [1.82, 2.24) is 0 Å². The fourth-order valence-corrected chi connectivity index (χ4v) is 7.88. The van der Waals surface area contributed by atoms with Crippen LogP contribution in [0.15, 0.2) is 84.9 Å². The molecule has 0 aromatic heterocycles. The Bertz CT molecular complexity index is 744. The fraction of sp³-hybridized carbons (Fsp3) is 0.100. The predicted molar refractivity (Wildman–Crippen MR) is 93.5 cm³/mol. The molecule has 2 heteroatoms. The Morgan fingerprint density at radius 3 is 1.77 bits per heavy atom. The molecule has 22 heavy (non-hydrogen) atoms. The second-order valence-corrected chi connectivity index (χ2v) is 9.05. The summed E-state index contributed by atoms with van der Waals surface area (Å²) < 4.78 is 6.73. The summed E-state index contributed by atoms with van der Waals surface area (Å²) in [7, 11) is -2.37. The zero-order valence-electron chi connectivity index (χ0n) is 12.6. The van der Waals surface area contributed by atoms with Gasteiger partial charge in [-0.2, -0.15) is 0 Å². The van der Waals surface area contributed by atoms with Crippen LogP contribution in [0, 0.1) is 0 Å². The topological polar surface area (TPSA) is 9.23 Å². The molecule has 1 nitrogen and oxygen atoms in total. The lowest BCUT2D eigenvalue weighted by Gasteiger charge is -2.28. The third-order valence-corrected chi connectivity index (χ3v) is 8.71. The van der Waals surface area contributed by atoms with Crippen molar-refractivity contribution in [3.8, 4) is 0 Å². The van der Waals surface area contributed by atoms with Crippen molar-refractivity contribution in [2.45, 2.75) is 13.0 Å². The molecule has 0 saturated heterocycles. The van der Waals surface area contributed by atoms with E-state index in [0.717, 1.165) is 0 Å². The maximum Gasteiger partial charge on any atom is 0.289 e. The van der Waals surface area contributed by atoms with Crippen LogP contribution in [0.25, 0.3) is 0 Å². The molecule has 0 fully saturated rings. The average molecular weight is 302 g/mol. The van der Waals surface area contributed by atoms with Gasteiger partial charge in [-0.05, 0) is 28.0 Å². The molecule has 0 radical (unpaired) electrons. The van der Waals surface area contributed by atoms with Gasteiger partial charge in [-0.25, -0.2) is 0 Å². The van der Waals surface area contributed by atoms with Gasteiger partial charge in [0, 0.05) is 0 Å². The summed E-state index contributed by atoms with van der Waals surface area (Å²) in [4.78, 5) is 0. The Labute approximate surface area is 132 Å². The van der Waals surface area contributed by atoms with Gasteiger partial charge in [-0.1, -0.05) is 84.9 Å². The number of fused-ring (bicyclic) bond motifs is 1. The summed E-state index contributed by atoms with van der Waals surface area (Å²) in [5.74, 6) is 0. The Morgan fingerprint density at radius 2 is 1.18 bits per heavy atom. The maximum absolute atomic E-state index is 6.73. The van der Waals surface area contributed by atoms with Crippen LogP contribution in [0.5, 0.6) is 0 Å². The van der Waals surface area contributed by atoms with Crippen LogP contribution in [0.4, 0.5) is 0 Å². The first-order chi connectivity index (χ1) is 10.8. The zero-order valence-corrected chi connectivity index (χ0v) is 13.6. The molecule has 1 unspecified atom stereocenters. The Kier molecular flexibility index (Phi) is 3.21. The van der Waals surface area contributed by atoms with Crippen LogP contribution in [-0.4, -0.2) is 8.32 Å². The van der Waals surface area contributed by atoms with Gasteiger partial charge in [-0.15, -0.1) is 0 Å². The first-order valence-corrected chi connectivity index (χ1v) is 9.61.